The topological polar surface area (TPSA) is 67.9 Å². The first-order valence-electron chi connectivity index (χ1n) is 6.99. The Morgan fingerprint density at radius 3 is 3.00 bits per heavy atom. The van der Waals surface area contributed by atoms with Gasteiger partial charge in [0.05, 0.1) is 22.8 Å². The highest BCUT2D eigenvalue weighted by Crippen LogP contribution is 2.29. The van der Waals surface area contributed by atoms with Crippen LogP contribution in [0, 0.1) is 6.92 Å². The molecule has 8 heteroatoms. The second-order valence-electron chi connectivity index (χ2n) is 5.12. The van der Waals surface area contributed by atoms with Crippen molar-refractivity contribution >= 4 is 39.6 Å². The molecule has 0 amide bonds. The van der Waals surface area contributed by atoms with Gasteiger partial charge in [0.15, 0.2) is 0 Å². The van der Waals surface area contributed by atoms with Crippen molar-refractivity contribution in [1.29, 1.82) is 0 Å². The molecule has 0 bridgehead atoms. The lowest BCUT2D eigenvalue weighted by molar-refractivity contribution is 0.442. The van der Waals surface area contributed by atoms with Crippen molar-refractivity contribution < 1.29 is 4.52 Å². The number of fused-ring (bicyclic) bond motifs is 1. The van der Waals surface area contributed by atoms with Gasteiger partial charge in [-0.05, 0) is 18.4 Å². The van der Waals surface area contributed by atoms with Crippen LogP contribution in [0.2, 0.25) is 0 Å². The van der Waals surface area contributed by atoms with Crippen LogP contribution in [0.5, 0.6) is 0 Å². The Kier molecular flexibility index (Phi) is 3.55. The summed E-state index contributed by atoms with van der Waals surface area (Å²) in [6, 6.07) is 4.13. The van der Waals surface area contributed by atoms with Crippen molar-refractivity contribution in [2.24, 2.45) is 0 Å². The maximum atomic E-state index is 5.20. The number of aromatic nitrogens is 4. The molecule has 116 valence electrons. The molecule has 0 radical (unpaired) electrons. The van der Waals surface area contributed by atoms with E-state index in [1.807, 2.05) is 24.9 Å². The molecular formula is C15H13N5OS2. The molecule has 0 aromatic carbocycles. The van der Waals surface area contributed by atoms with E-state index in [2.05, 4.69) is 32.0 Å². The van der Waals surface area contributed by atoms with Gasteiger partial charge < -0.3 is 9.42 Å². The number of hydrogen-bond acceptors (Lipinski definition) is 8. The zero-order valence-corrected chi connectivity index (χ0v) is 14.2. The van der Waals surface area contributed by atoms with E-state index in [1.54, 1.807) is 22.7 Å². The van der Waals surface area contributed by atoms with Crippen molar-refractivity contribution in [3.63, 3.8) is 0 Å². The van der Waals surface area contributed by atoms with Crippen LogP contribution in [0.25, 0.3) is 21.0 Å². The first-order valence-corrected chi connectivity index (χ1v) is 8.74. The molecule has 0 aliphatic rings. The summed E-state index contributed by atoms with van der Waals surface area (Å²) in [5.74, 6) is 0.805. The molecule has 0 aliphatic heterocycles. The van der Waals surface area contributed by atoms with Gasteiger partial charge in [-0.15, -0.1) is 22.7 Å². The van der Waals surface area contributed by atoms with Crippen LogP contribution in [-0.2, 0) is 6.54 Å². The highest BCUT2D eigenvalue weighted by atomic mass is 32.1. The summed E-state index contributed by atoms with van der Waals surface area (Å²) in [5, 5.41) is 10.0. The quantitative estimate of drug-likeness (QED) is 0.562. The van der Waals surface area contributed by atoms with Gasteiger partial charge >= 0.3 is 0 Å². The second-order valence-corrected chi connectivity index (χ2v) is 6.93. The maximum Gasteiger partial charge on any atom is 0.263 e. The van der Waals surface area contributed by atoms with Gasteiger partial charge in [0, 0.05) is 12.4 Å². The van der Waals surface area contributed by atoms with E-state index in [0.717, 1.165) is 27.6 Å². The number of anilines is 1. The molecule has 6 nitrogen and oxygen atoms in total. The number of aryl methyl sites for hydroxylation is 1. The molecule has 4 aromatic heterocycles. The molecule has 0 saturated heterocycles. The van der Waals surface area contributed by atoms with Crippen molar-refractivity contribution in [2.75, 3.05) is 11.9 Å². The van der Waals surface area contributed by atoms with E-state index in [1.165, 1.54) is 11.2 Å². The summed E-state index contributed by atoms with van der Waals surface area (Å²) in [4.78, 5) is 16.4. The summed E-state index contributed by atoms with van der Waals surface area (Å²) >= 11 is 3.36. The van der Waals surface area contributed by atoms with Crippen LogP contribution in [0.4, 0.5) is 5.82 Å². The highest BCUT2D eigenvalue weighted by Gasteiger charge is 2.16. The van der Waals surface area contributed by atoms with E-state index in [0.29, 0.717) is 12.3 Å². The molecule has 0 saturated carbocycles. The Hall–Kier alpha value is -2.32. The summed E-state index contributed by atoms with van der Waals surface area (Å²) in [6.07, 6.45) is 1.50. The van der Waals surface area contributed by atoms with Crippen LogP contribution in [-0.4, -0.2) is 27.2 Å². The van der Waals surface area contributed by atoms with E-state index >= 15 is 0 Å². The molecule has 0 spiro atoms. The van der Waals surface area contributed by atoms with Crippen molar-refractivity contribution in [3.8, 4) is 9.88 Å². The number of thiophene rings is 1. The standard InChI is InChI=1S/C15H13N5OS2/c1-9-12-13(16-8-17-14(12)21-19-9)20(2)6-10-7-23-15(18-10)11-4-3-5-22-11/h3-5,7-8H,6H2,1-2H3. The molecule has 4 aromatic rings. The molecule has 4 rings (SSSR count). The lowest BCUT2D eigenvalue weighted by atomic mass is 10.3. The summed E-state index contributed by atoms with van der Waals surface area (Å²) in [6.45, 7) is 2.56. The Balaban J connectivity index is 1.62. The molecular weight excluding hydrogens is 330 g/mol. The lowest BCUT2D eigenvalue weighted by Crippen LogP contribution is -2.18. The average Bonchev–Trinajstić information content (AvgIpc) is 3.28. The first kappa shape index (κ1) is 14.3. The van der Waals surface area contributed by atoms with Crippen LogP contribution < -0.4 is 4.90 Å². The monoisotopic (exact) mass is 343 g/mol. The minimum absolute atomic E-state index is 0.511. The normalized spacial score (nSPS) is 11.2. The Morgan fingerprint density at radius 1 is 1.26 bits per heavy atom. The Morgan fingerprint density at radius 2 is 2.17 bits per heavy atom. The van der Waals surface area contributed by atoms with Gasteiger partial charge in [-0.2, -0.15) is 4.98 Å². The SMILES string of the molecule is Cc1noc2ncnc(N(C)Cc3csc(-c4cccs4)n3)c12. The third-order valence-electron chi connectivity index (χ3n) is 3.47. The summed E-state index contributed by atoms with van der Waals surface area (Å²) in [5.41, 5.74) is 2.32. The zero-order valence-electron chi connectivity index (χ0n) is 12.6. The molecule has 0 aliphatic carbocycles. The van der Waals surface area contributed by atoms with E-state index < -0.39 is 0 Å². The van der Waals surface area contributed by atoms with E-state index in [-0.39, 0.29) is 0 Å². The van der Waals surface area contributed by atoms with Gasteiger partial charge in [-0.25, -0.2) is 9.97 Å². The average molecular weight is 343 g/mol. The largest absolute Gasteiger partial charge is 0.353 e. The highest BCUT2D eigenvalue weighted by molar-refractivity contribution is 7.20. The van der Waals surface area contributed by atoms with Crippen LogP contribution >= 0.6 is 22.7 Å². The second kappa shape index (κ2) is 5.71. The van der Waals surface area contributed by atoms with Crippen LogP contribution in [0.1, 0.15) is 11.4 Å². The third-order valence-corrected chi connectivity index (χ3v) is 5.40. The van der Waals surface area contributed by atoms with Gasteiger partial charge in [0.1, 0.15) is 22.5 Å². The Labute approximate surface area is 140 Å². The number of thiazole rings is 1. The number of rotatable bonds is 4. The van der Waals surface area contributed by atoms with Gasteiger partial charge in [0.25, 0.3) is 5.71 Å². The molecule has 0 fully saturated rings. The van der Waals surface area contributed by atoms with Crippen LogP contribution in [0.3, 0.4) is 0 Å². The van der Waals surface area contributed by atoms with Crippen molar-refractivity contribution in [1.82, 2.24) is 20.1 Å². The van der Waals surface area contributed by atoms with Gasteiger partial charge in [0.2, 0.25) is 0 Å². The molecule has 0 N–H and O–H groups in total. The zero-order chi connectivity index (χ0) is 15.8. The molecule has 0 unspecified atom stereocenters. The maximum absolute atomic E-state index is 5.20. The molecule has 4 heterocycles. The number of nitrogens with zero attached hydrogens (tertiary/aromatic N) is 5. The van der Waals surface area contributed by atoms with Gasteiger partial charge in [-0.1, -0.05) is 11.2 Å². The minimum Gasteiger partial charge on any atom is -0.353 e. The third kappa shape index (κ3) is 2.60. The van der Waals surface area contributed by atoms with Crippen molar-refractivity contribution in [2.45, 2.75) is 13.5 Å². The summed E-state index contributed by atoms with van der Waals surface area (Å²) < 4.78 is 5.20. The smallest absolute Gasteiger partial charge is 0.263 e. The first-order chi connectivity index (χ1) is 11.2. The molecule has 0 atom stereocenters. The minimum atomic E-state index is 0.511. The summed E-state index contributed by atoms with van der Waals surface area (Å²) in [7, 11) is 1.98. The van der Waals surface area contributed by atoms with Gasteiger partial charge in [-0.3, -0.25) is 0 Å². The van der Waals surface area contributed by atoms with Crippen LogP contribution in [0.15, 0.2) is 33.7 Å². The predicted octanol–water partition coefficient (Wildman–Crippen LogP) is 3.75. The fourth-order valence-corrected chi connectivity index (χ4v) is 4.03. The lowest BCUT2D eigenvalue weighted by Gasteiger charge is -2.17. The predicted molar refractivity (Wildman–Crippen MR) is 91.9 cm³/mol. The Bertz CT molecular complexity index is 944. The van der Waals surface area contributed by atoms with E-state index in [4.69, 9.17) is 9.51 Å². The van der Waals surface area contributed by atoms with Crippen molar-refractivity contribution in [3.05, 3.63) is 40.6 Å². The molecule has 23 heavy (non-hydrogen) atoms. The number of hydrogen-bond donors (Lipinski definition) is 0. The fourth-order valence-electron chi connectivity index (χ4n) is 2.40. The van der Waals surface area contributed by atoms with E-state index in [9.17, 15) is 0 Å². The fraction of sp³-hybridized carbons (Fsp3) is 0.200.